The van der Waals surface area contributed by atoms with Gasteiger partial charge in [-0.2, -0.15) is 0 Å². The molecule has 0 unspecified atom stereocenters. The van der Waals surface area contributed by atoms with Crippen molar-refractivity contribution in [1.29, 1.82) is 0 Å². The summed E-state index contributed by atoms with van der Waals surface area (Å²) in [5, 5.41) is 0. The van der Waals surface area contributed by atoms with E-state index in [1.54, 1.807) is 0 Å². The van der Waals surface area contributed by atoms with Crippen LogP contribution in [0.2, 0.25) is 0 Å². The van der Waals surface area contributed by atoms with Gasteiger partial charge in [0.25, 0.3) is 0 Å². The van der Waals surface area contributed by atoms with Gasteiger partial charge >= 0.3 is 0 Å². The van der Waals surface area contributed by atoms with Gasteiger partial charge in [-0.25, -0.2) is 0 Å². The van der Waals surface area contributed by atoms with E-state index >= 15 is 0 Å². The third-order valence-electron chi connectivity index (χ3n) is 5.32. The van der Waals surface area contributed by atoms with Gasteiger partial charge in [-0.3, -0.25) is 14.5 Å². The van der Waals surface area contributed by atoms with Crippen LogP contribution < -0.4 is 0 Å². The number of likely N-dealkylation sites (N-methyl/N-ethyl adjacent to an activating group) is 1. The second-order valence-corrected chi connectivity index (χ2v) is 7.78. The van der Waals surface area contributed by atoms with Crippen molar-refractivity contribution in [2.75, 3.05) is 32.7 Å². The molecule has 1 saturated heterocycles. The van der Waals surface area contributed by atoms with E-state index in [2.05, 4.69) is 30.9 Å². The summed E-state index contributed by atoms with van der Waals surface area (Å²) >= 11 is 0. The smallest absolute Gasteiger partial charge is 0.236 e. The Bertz CT molecular complexity index is 583. The van der Waals surface area contributed by atoms with Crippen molar-refractivity contribution < 1.29 is 9.59 Å². The number of hydrogen-bond acceptors (Lipinski definition) is 3. The molecule has 0 aromatic heterocycles. The van der Waals surface area contributed by atoms with Crippen LogP contribution in [0.25, 0.3) is 0 Å². The van der Waals surface area contributed by atoms with Gasteiger partial charge in [-0.15, -0.1) is 0 Å². The summed E-state index contributed by atoms with van der Waals surface area (Å²) < 4.78 is 0. The third kappa shape index (κ3) is 5.66. The minimum atomic E-state index is 0.0887. The van der Waals surface area contributed by atoms with Crippen molar-refractivity contribution in [1.82, 2.24) is 9.80 Å². The van der Waals surface area contributed by atoms with Gasteiger partial charge in [0.2, 0.25) is 5.91 Å². The first kappa shape index (κ1) is 20.6. The van der Waals surface area contributed by atoms with Crippen LogP contribution in [0.1, 0.15) is 56.5 Å². The Balaban J connectivity index is 1.85. The van der Waals surface area contributed by atoms with Gasteiger partial charge < -0.3 is 4.90 Å². The zero-order valence-electron chi connectivity index (χ0n) is 16.8. The van der Waals surface area contributed by atoms with E-state index in [1.807, 2.05) is 30.9 Å². The number of carbonyl (C=O) groups excluding carboxylic acids is 2. The first-order valence-electron chi connectivity index (χ1n) is 10.1. The van der Waals surface area contributed by atoms with E-state index in [4.69, 9.17) is 0 Å². The minimum absolute atomic E-state index is 0.0887. The lowest BCUT2D eigenvalue weighted by Crippen LogP contribution is -2.44. The molecule has 0 spiro atoms. The molecule has 0 saturated carbocycles. The maximum absolute atomic E-state index is 12.8. The Morgan fingerprint density at radius 1 is 1.08 bits per heavy atom. The number of nitrogens with zero attached hydrogens (tertiary/aromatic N) is 2. The van der Waals surface area contributed by atoms with Crippen molar-refractivity contribution in [2.45, 2.75) is 47.0 Å². The zero-order chi connectivity index (χ0) is 19.1. The largest absolute Gasteiger partial charge is 0.342 e. The van der Waals surface area contributed by atoms with E-state index < -0.39 is 0 Å². The molecule has 0 atom stereocenters. The molecule has 4 heteroatoms. The van der Waals surface area contributed by atoms with Gasteiger partial charge in [-0.1, -0.05) is 38.1 Å². The normalized spacial score (nSPS) is 16.0. The summed E-state index contributed by atoms with van der Waals surface area (Å²) in [5.41, 5.74) is 2.12. The lowest BCUT2D eigenvalue weighted by atomic mass is 9.88. The molecule has 1 fully saturated rings. The van der Waals surface area contributed by atoms with E-state index in [-0.39, 0.29) is 17.6 Å². The van der Waals surface area contributed by atoms with Gasteiger partial charge in [0.15, 0.2) is 5.78 Å². The van der Waals surface area contributed by atoms with E-state index in [9.17, 15) is 9.59 Å². The molecular formula is C22H34N2O2. The van der Waals surface area contributed by atoms with Gasteiger partial charge in [0.05, 0.1) is 6.54 Å². The standard InChI is InChI=1S/C22H34N2O2/c1-5-24(6-2)21(25)16-23-13-11-20(12-14-23)22(26)19-9-7-18(8-10-19)15-17(3)4/h7-10,17,20H,5-6,11-16H2,1-4H3. The number of likely N-dealkylation sites (tertiary alicyclic amines) is 1. The van der Waals surface area contributed by atoms with Crippen LogP contribution in [0, 0.1) is 11.8 Å². The van der Waals surface area contributed by atoms with Crippen molar-refractivity contribution in [3.05, 3.63) is 35.4 Å². The van der Waals surface area contributed by atoms with Crippen LogP contribution in [-0.2, 0) is 11.2 Å². The quantitative estimate of drug-likeness (QED) is 0.666. The van der Waals surface area contributed by atoms with Crippen molar-refractivity contribution in [3.63, 3.8) is 0 Å². The first-order valence-corrected chi connectivity index (χ1v) is 10.1. The Morgan fingerprint density at radius 3 is 2.15 bits per heavy atom. The van der Waals surface area contributed by atoms with Crippen LogP contribution in [0.3, 0.4) is 0 Å². The Hall–Kier alpha value is -1.68. The number of amides is 1. The highest BCUT2D eigenvalue weighted by atomic mass is 16.2. The van der Waals surface area contributed by atoms with Crippen LogP contribution in [-0.4, -0.2) is 54.2 Å². The van der Waals surface area contributed by atoms with E-state index in [0.29, 0.717) is 12.5 Å². The number of ketones is 1. The first-order chi connectivity index (χ1) is 12.4. The van der Waals surface area contributed by atoms with E-state index in [0.717, 1.165) is 51.0 Å². The molecular weight excluding hydrogens is 324 g/mol. The molecule has 0 bridgehead atoms. The third-order valence-corrected chi connectivity index (χ3v) is 5.32. The topological polar surface area (TPSA) is 40.6 Å². The molecule has 144 valence electrons. The van der Waals surface area contributed by atoms with Gasteiger partial charge in [0.1, 0.15) is 0 Å². The lowest BCUT2D eigenvalue weighted by Gasteiger charge is -2.32. The fourth-order valence-corrected chi connectivity index (χ4v) is 3.73. The highest BCUT2D eigenvalue weighted by molar-refractivity contribution is 5.98. The summed E-state index contributed by atoms with van der Waals surface area (Å²) in [6, 6.07) is 8.14. The summed E-state index contributed by atoms with van der Waals surface area (Å²) in [7, 11) is 0. The van der Waals surface area contributed by atoms with E-state index in [1.165, 1.54) is 5.56 Å². The highest BCUT2D eigenvalue weighted by Crippen LogP contribution is 2.22. The summed E-state index contributed by atoms with van der Waals surface area (Å²) in [6.45, 7) is 12.1. The molecule has 26 heavy (non-hydrogen) atoms. The fourth-order valence-electron chi connectivity index (χ4n) is 3.73. The number of rotatable bonds is 8. The number of piperidine rings is 1. The number of hydrogen-bond donors (Lipinski definition) is 0. The second-order valence-electron chi connectivity index (χ2n) is 7.78. The summed E-state index contributed by atoms with van der Waals surface area (Å²) in [6.07, 6.45) is 2.74. The summed E-state index contributed by atoms with van der Waals surface area (Å²) in [4.78, 5) is 29.1. The molecule has 1 heterocycles. The predicted molar refractivity (Wildman–Crippen MR) is 106 cm³/mol. The fraction of sp³-hybridized carbons (Fsp3) is 0.636. The Morgan fingerprint density at radius 2 is 1.65 bits per heavy atom. The molecule has 1 aliphatic rings. The van der Waals surface area contributed by atoms with Crippen LogP contribution >= 0.6 is 0 Å². The number of carbonyl (C=O) groups is 2. The van der Waals surface area contributed by atoms with Crippen molar-refractivity contribution in [2.24, 2.45) is 11.8 Å². The molecule has 2 rings (SSSR count). The molecule has 1 aromatic rings. The predicted octanol–water partition coefficient (Wildman–Crippen LogP) is 3.65. The number of benzene rings is 1. The van der Waals surface area contributed by atoms with Gasteiger partial charge in [-0.05, 0) is 57.7 Å². The SMILES string of the molecule is CCN(CC)C(=O)CN1CCC(C(=O)c2ccc(CC(C)C)cc2)CC1. The number of Topliss-reactive ketones (excluding diaryl/α,β-unsaturated/α-hetero) is 1. The summed E-state index contributed by atoms with van der Waals surface area (Å²) in [5.74, 6) is 1.17. The zero-order valence-corrected chi connectivity index (χ0v) is 16.8. The maximum Gasteiger partial charge on any atom is 0.236 e. The van der Waals surface area contributed by atoms with Crippen molar-refractivity contribution >= 4 is 11.7 Å². The monoisotopic (exact) mass is 358 g/mol. The average molecular weight is 359 g/mol. The van der Waals surface area contributed by atoms with Crippen molar-refractivity contribution in [3.8, 4) is 0 Å². The molecule has 0 radical (unpaired) electrons. The molecule has 0 aliphatic carbocycles. The Kier molecular flexibility index (Phi) is 7.83. The minimum Gasteiger partial charge on any atom is -0.342 e. The lowest BCUT2D eigenvalue weighted by molar-refractivity contribution is -0.132. The average Bonchev–Trinajstić information content (AvgIpc) is 2.63. The molecule has 1 aromatic carbocycles. The molecule has 0 N–H and O–H groups in total. The van der Waals surface area contributed by atoms with Crippen LogP contribution in [0.4, 0.5) is 0 Å². The van der Waals surface area contributed by atoms with Crippen LogP contribution in [0.15, 0.2) is 24.3 Å². The van der Waals surface area contributed by atoms with Gasteiger partial charge in [0, 0.05) is 24.6 Å². The molecule has 1 aliphatic heterocycles. The molecule has 1 amide bonds. The maximum atomic E-state index is 12.8. The second kappa shape index (κ2) is 9.86. The Labute approximate surface area is 158 Å². The van der Waals surface area contributed by atoms with Crippen LogP contribution in [0.5, 0.6) is 0 Å². The molecule has 4 nitrogen and oxygen atoms in total. The highest BCUT2D eigenvalue weighted by Gasteiger charge is 2.27.